The number of rotatable bonds is 5. The molecule has 1 aromatic carbocycles. The van der Waals surface area contributed by atoms with Crippen LogP contribution in [0.4, 0.5) is 0 Å². The average molecular weight is 308 g/mol. The highest BCUT2D eigenvalue weighted by atomic mass is 79.9. The van der Waals surface area contributed by atoms with E-state index < -0.39 is 0 Å². The third-order valence-corrected chi connectivity index (χ3v) is 3.54. The first-order valence-corrected chi connectivity index (χ1v) is 6.91. The molecule has 0 amide bonds. The largest absolute Gasteiger partial charge is 0.348 e. The fraction of sp³-hybridized carbons (Fsp3) is 0.357. The standard InChI is InChI=1S/C14H18BrN3/c1-10(7-12-3-5-13(15)6-4-12)16-8-14-11(2)17-9-18-14/h3-6,9-10,16H,7-8H2,1-2H3,(H,17,18). The normalized spacial score (nSPS) is 12.6. The molecule has 0 aliphatic rings. The molecule has 2 rings (SSSR count). The third kappa shape index (κ3) is 3.68. The molecule has 0 spiro atoms. The molecule has 0 saturated carbocycles. The van der Waals surface area contributed by atoms with E-state index in [9.17, 15) is 0 Å². The maximum atomic E-state index is 4.28. The second-order valence-electron chi connectivity index (χ2n) is 4.59. The summed E-state index contributed by atoms with van der Waals surface area (Å²) in [6.07, 6.45) is 2.77. The summed E-state index contributed by atoms with van der Waals surface area (Å²) in [4.78, 5) is 7.37. The van der Waals surface area contributed by atoms with E-state index in [1.807, 2.05) is 6.92 Å². The zero-order chi connectivity index (χ0) is 13.0. The van der Waals surface area contributed by atoms with Gasteiger partial charge in [-0.05, 0) is 38.0 Å². The molecule has 0 aliphatic carbocycles. The Labute approximate surface area is 116 Å². The molecule has 0 fully saturated rings. The van der Waals surface area contributed by atoms with Gasteiger partial charge in [-0.1, -0.05) is 28.1 Å². The van der Waals surface area contributed by atoms with E-state index in [1.54, 1.807) is 6.33 Å². The van der Waals surface area contributed by atoms with Gasteiger partial charge in [0, 0.05) is 22.8 Å². The van der Waals surface area contributed by atoms with Gasteiger partial charge in [-0.2, -0.15) is 0 Å². The second-order valence-corrected chi connectivity index (χ2v) is 5.50. The SMILES string of the molecule is Cc1[nH]cnc1CNC(C)Cc1ccc(Br)cc1. The fourth-order valence-corrected chi connectivity index (χ4v) is 2.15. The van der Waals surface area contributed by atoms with E-state index in [1.165, 1.54) is 5.56 Å². The Bertz CT molecular complexity index is 490. The lowest BCUT2D eigenvalue weighted by atomic mass is 10.1. The molecule has 0 radical (unpaired) electrons. The summed E-state index contributed by atoms with van der Waals surface area (Å²) in [6, 6.07) is 8.91. The number of nitrogens with zero attached hydrogens (tertiary/aromatic N) is 1. The molecule has 2 aromatic rings. The van der Waals surface area contributed by atoms with Gasteiger partial charge in [-0.15, -0.1) is 0 Å². The van der Waals surface area contributed by atoms with E-state index >= 15 is 0 Å². The third-order valence-electron chi connectivity index (χ3n) is 3.01. The van der Waals surface area contributed by atoms with Crippen molar-refractivity contribution in [1.82, 2.24) is 15.3 Å². The van der Waals surface area contributed by atoms with E-state index in [0.717, 1.165) is 28.8 Å². The summed E-state index contributed by atoms with van der Waals surface area (Å²) < 4.78 is 1.12. The number of hydrogen-bond acceptors (Lipinski definition) is 2. The van der Waals surface area contributed by atoms with Gasteiger partial charge in [-0.3, -0.25) is 0 Å². The predicted molar refractivity (Wildman–Crippen MR) is 77.5 cm³/mol. The number of nitrogens with one attached hydrogen (secondary N) is 2. The molecule has 1 aromatic heterocycles. The molecular formula is C14H18BrN3. The van der Waals surface area contributed by atoms with Gasteiger partial charge in [0.2, 0.25) is 0 Å². The molecule has 18 heavy (non-hydrogen) atoms. The minimum absolute atomic E-state index is 0.433. The molecule has 3 nitrogen and oxygen atoms in total. The van der Waals surface area contributed by atoms with Crippen molar-refractivity contribution in [2.24, 2.45) is 0 Å². The van der Waals surface area contributed by atoms with Crippen LogP contribution in [0.15, 0.2) is 35.1 Å². The number of aromatic amines is 1. The molecule has 1 heterocycles. The number of halogens is 1. The van der Waals surface area contributed by atoms with Gasteiger partial charge >= 0.3 is 0 Å². The first-order valence-electron chi connectivity index (χ1n) is 6.12. The van der Waals surface area contributed by atoms with Crippen molar-refractivity contribution in [3.05, 3.63) is 52.0 Å². The number of aryl methyl sites for hydroxylation is 1. The molecule has 96 valence electrons. The lowest BCUT2D eigenvalue weighted by Crippen LogP contribution is -2.27. The van der Waals surface area contributed by atoms with E-state index in [4.69, 9.17) is 0 Å². The number of aromatic nitrogens is 2. The lowest BCUT2D eigenvalue weighted by Gasteiger charge is -2.13. The van der Waals surface area contributed by atoms with Gasteiger partial charge in [0.15, 0.2) is 0 Å². The minimum atomic E-state index is 0.433. The minimum Gasteiger partial charge on any atom is -0.348 e. The summed E-state index contributed by atoms with van der Waals surface area (Å²) in [5.74, 6) is 0. The fourth-order valence-electron chi connectivity index (χ4n) is 1.88. The van der Waals surface area contributed by atoms with Crippen molar-refractivity contribution in [2.45, 2.75) is 32.9 Å². The molecule has 0 aliphatic heterocycles. The van der Waals surface area contributed by atoms with Crippen molar-refractivity contribution in [2.75, 3.05) is 0 Å². The summed E-state index contributed by atoms with van der Waals surface area (Å²) in [7, 11) is 0. The molecule has 0 bridgehead atoms. The summed E-state index contributed by atoms with van der Waals surface area (Å²) in [6.45, 7) is 5.06. The molecular weight excluding hydrogens is 290 g/mol. The van der Waals surface area contributed by atoms with Crippen LogP contribution in [-0.2, 0) is 13.0 Å². The number of hydrogen-bond donors (Lipinski definition) is 2. The zero-order valence-electron chi connectivity index (χ0n) is 10.7. The summed E-state index contributed by atoms with van der Waals surface area (Å²) >= 11 is 3.45. The van der Waals surface area contributed by atoms with Crippen molar-refractivity contribution in [3.8, 4) is 0 Å². The van der Waals surface area contributed by atoms with Gasteiger partial charge < -0.3 is 10.3 Å². The number of benzene rings is 1. The van der Waals surface area contributed by atoms with Crippen LogP contribution in [-0.4, -0.2) is 16.0 Å². The highest BCUT2D eigenvalue weighted by Gasteiger charge is 2.05. The molecule has 1 unspecified atom stereocenters. The Hall–Kier alpha value is -1.13. The predicted octanol–water partition coefficient (Wildman–Crippen LogP) is 3.20. The smallest absolute Gasteiger partial charge is 0.0925 e. The number of H-pyrrole nitrogens is 1. The molecule has 0 saturated heterocycles. The van der Waals surface area contributed by atoms with E-state index in [-0.39, 0.29) is 0 Å². The van der Waals surface area contributed by atoms with Crippen LogP contribution >= 0.6 is 15.9 Å². The second kappa shape index (κ2) is 6.16. The van der Waals surface area contributed by atoms with Gasteiger partial charge in [0.05, 0.1) is 12.0 Å². The Morgan fingerprint density at radius 1 is 1.33 bits per heavy atom. The van der Waals surface area contributed by atoms with Crippen LogP contribution in [0.25, 0.3) is 0 Å². The Morgan fingerprint density at radius 2 is 2.06 bits per heavy atom. The first-order chi connectivity index (χ1) is 8.65. The van der Waals surface area contributed by atoms with Crippen LogP contribution in [0.1, 0.15) is 23.9 Å². The number of imidazole rings is 1. The highest BCUT2D eigenvalue weighted by molar-refractivity contribution is 9.10. The summed E-state index contributed by atoms with van der Waals surface area (Å²) in [5, 5.41) is 3.49. The maximum Gasteiger partial charge on any atom is 0.0925 e. The first kappa shape index (κ1) is 13.3. The Morgan fingerprint density at radius 3 is 2.67 bits per heavy atom. The monoisotopic (exact) mass is 307 g/mol. The zero-order valence-corrected chi connectivity index (χ0v) is 12.3. The van der Waals surface area contributed by atoms with Crippen molar-refractivity contribution in [1.29, 1.82) is 0 Å². The van der Waals surface area contributed by atoms with Crippen LogP contribution in [0.5, 0.6) is 0 Å². The molecule has 4 heteroatoms. The summed E-state index contributed by atoms with van der Waals surface area (Å²) in [5.41, 5.74) is 3.58. The molecule has 1 atom stereocenters. The topological polar surface area (TPSA) is 40.7 Å². The average Bonchev–Trinajstić information content (AvgIpc) is 2.75. The van der Waals surface area contributed by atoms with Crippen LogP contribution in [0, 0.1) is 6.92 Å². The Kier molecular flexibility index (Phi) is 4.55. The molecule has 2 N–H and O–H groups in total. The quantitative estimate of drug-likeness (QED) is 0.890. The van der Waals surface area contributed by atoms with Crippen LogP contribution in [0.2, 0.25) is 0 Å². The van der Waals surface area contributed by atoms with Crippen molar-refractivity contribution < 1.29 is 0 Å². The van der Waals surface area contributed by atoms with Crippen LogP contribution < -0.4 is 5.32 Å². The van der Waals surface area contributed by atoms with Gasteiger partial charge in [-0.25, -0.2) is 4.98 Å². The van der Waals surface area contributed by atoms with Crippen LogP contribution in [0.3, 0.4) is 0 Å². The maximum absolute atomic E-state index is 4.28. The van der Waals surface area contributed by atoms with Gasteiger partial charge in [0.25, 0.3) is 0 Å². The lowest BCUT2D eigenvalue weighted by molar-refractivity contribution is 0.540. The van der Waals surface area contributed by atoms with E-state index in [0.29, 0.717) is 6.04 Å². The highest BCUT2D eigenvalue weighted by Crippen LogP contribution is 2.12. The van der Waals surface area contributed by atoms with Gasteiger partial charge in [0.1, 0.15) is 0 Å². The van der Waals surface area contributed by atoms with Crippen molar-refractivity contribution >= 4 is 15.9 Å². The Balaban J connectivity index is 1.83. The van der Waals surface area contributed by atoms with E-state index in [2.05, 4.69) is 62.4 Å². The van der Waals surface area contributed by atoms with Crippen molar-refractivity contribution in [3.63, 3.8) is 0 Å².